The molecule has 5 nitrogen and oxygen atoms in total. The van der Waals surface area contributed by atoms with Crippen LogP contribution in [0.1, 0.15) is 27.4 Å². The van der Waals surface area contributed by atoms with E-state index >= 15 is 0 Å². The number of hydrogen-bond donors (Lipinski definition) is 1. The highest BCUT2D eigenvalue weighted by molar-refractivity contribution is 5.91. The van der Waals surface area contributed by atoms with Crippen molar-refractivity contribution in [3.8, 4) is 0 Å². The Kier molecular flexibility index (Phi) is 2.98. The smallest absolute Gasteiger partial charge is 0.339 e. The summed E-state index contributed by atoms with van der Waals surface area (Å²) in [5.74, 6) is 0.259. The summed E-state index contributed by atoms with van der Waals surface area (Å²) in [4.78, 5) is 13.3. The van der Waals surface area contributed by atoms with Crippen LogP contribution in [0, 0.1) is 0 Å². The summed E-state index contributed by atoms with van der Waals surface area (Å²) in [5, 5.41) is 9.17. The van der Waals surface area contributed by atoms with Crippen LogP contribution < -0.4 is 0 Å². The normalized spacial score (nSPS) is 16.1. The van der Waals surface area contributed by atoms with Gasteiger partial charge in [0.2, 0.25) is 0 Å². The minimum Gasteiger partial charge on any atom is -0.478 e. The molecule has 2 heterocycles. The summed E-state index contributed by atoms with van der Waals surface area (Å²) in [6.07, 6.45) is 0.723. The molecule has 0 fully saturated rings. The van der Waals surface area contributed by atoms with Gasteiger partial charge in [0.1, 0.15) is 23.7 Å². The number of likely N-dealkylation sites (N-methyl/N-ethyl adjacent to an activating group) is 1. The molecule has 0 radical (unpaired) electrons. The van der Waals surface area contributed by atoms with E-state index in [4.69, 9.17) is 9.15 Å². The SMILES string of the molecule is COCc1oc2c(c1C(=O)O)CCN(C)C2. The maximum atomic E-state index is 11.2. The van der Waals surface area contributed by atoms with Crippen molar-refractivity contribution >= 4 is 5.97 Å². The highest BCUT2D eigenvalue weighted by Crippen LogP contribution is 2.28. The Bertz CT molecular complexity index is 410. The second kappa shape index (κ2) is 4.27. The van der Waals surface area contributed by atoms with Crippen LogP contribution in [-0.4, -0.2) is 36.7 Å². The zero-order valence-electron chi connectivity index (χ0n) is 9.45. The molecule has 0 spiro atoms. The number of methoxy groups -OCH3 is 1. The third kappa shape index (κ3) is 1.83. The molecular formula is C11H15NO4. The second-order valence-electron chi connectivity index (χ2n) is 4.03. The van der Waals surface area contributed by atoms with E-state index in [1.165, 1.54) is 7.11 Å². The lowest BCUT2D eigenvalue weighted by molar-refractivity contribution is 0.0687. The molecule has 0 amide bonds. The lowest BCUT2D eigenvalue weighted by Gasteiger charge is -2.20. The first-order chi connectivity index (χ1) is 7.63. The lowest BCUT2D eigenvalue weighted by Crippen LogP contribution is -2.26. The highest BCUT2D eigenvalue weighted by Gasteiger charge is 2.28. The van der Waals surface area contributed by atoms with Gasteiger partial charge in [-0.2, -0.15) is 0 Å². The molecule has 0 bridgehead atoms. The van der Waals surface area contributed by atoms with Crippen LogP contribution in [0.4, 0.5) is 0 Å². The van der Waals surface area contributed by atoms with E-state index in [-0.39, 0.29) is 6.61 Å². The molecule has 1 aliphatic rings. The number of rotatable bonds is 3. The van der Waals surface area contributed by atoms with Crippen LogP contribution in [-0.2, 0) is 24.3 Å². The monoisotopic (exact) mass is 225 g/mol. The summed E-state index contributed by atoms with van der Waals surface area (Å²) in [7, 11) is 3.52. The van der Waals surface area contributed by atoms with E-state index in [9.17, 15) is 9.90 Å². The quantitative estimate of drug-likeness (QED) is 0.835. The Hall–Kier alpha value is -1.33. The first-order valence-corrected chi connectivity index (χ1v) is 5.17. The molecule has 0 aromatic carbocycles. The fourth-order valence-electron chi connectivity index (χ4n) is 2.07. The third-order valence-corrected chi connectivity index (χ3v) is 2.81. The van der Waals surface area contributed by atoms with Gasteiger partial charge < -0.3 is 14.3 Å². The van der Waals surface area contributed by atoms with Crippen molar-refractivity contribution in [2.24, 2.45) is 0 Å². The molecule has 16 heavy (non-hydrogen) atoms. The number of aromatic carboxylic acids is 1. The maximum absolute atomic E-state index is 11.2. The third-order valence-electron chi connectivity index (χ3n) is 2.81. The van der Waals surface area contributed by atoms with E-state index in [0.717, 1.165) is 24.3 Å². The molecule has 0 aliphatic carbocycles. The Morgan fingerprint density at radius 2 is 2.38 bits per heavy atom. The number of furan rings is 1. The van der Waals surface area contributed by atoms with Crippen molar-refractivity contribution < 1.29 is 19.1 Å². The van der Waals surface area contributed by atoms with Gasteiger partial charge in [-0.05, 0) is 13.5 Å². The van der Waals surface area contributed by atoms with Gasteiger partial charge in [0.25, 0.3) is 0 Å². The van der Waals surface area contributed by atoms with Crippen molar-refractivity contribution in [2.75, 3.05) is 20.7 Å². The van der Waals surface area contributed by atoms with Crippen molar-refractivity contribution in [3.05, 3.63) is 22.6 Å². The predicted octanol–water partition coefficient (Wildman–Crippen LogP) is 1.11. The number of carboxylic acids is 1. The zero-order chi connectivity index (χ0) is 11.7. The molecule has 88 valence electrons. The highest BCUT2D eigenvalue weighted by atomic mass is 16.5. The molecule has 0 atom stereocenters. The number of hydrogen-bond acceptors (Lipinski definition) is 4. The standard InChI is InChI=1S/C11H15NO4/c1-12-4-3-7-8(5-12)16-9(6-15-2)10(7)11(13)14/h3-6H2,1-2H3,(H,13,14). The summed E-state index contributed by atoms with van der Waals surface area (Å²) < 4.78 is 10.5. The van der Waals surface area contributed by atoms with Crippen molar-refractivity contribution in [1.29, 1.82) is 0 Å². The van der Waals surface area contributed by atoms with E-state index in [0.29, 0.717) is 17.9 Å². The minimum atomic E-state index is -0.929. The van der Waals surface area contributed by atoms with Gasteiger partial charge in [0.05, 0.1) is 6.54 Å². The van der Waals surface area contributed by atoms with Crippen molar-refractivity contribution in [2.45, 2.75) is 19.6 Å². The lowest BCUT2D eigenvalue weighted by atomic mass is 10.0. The van der Waals surface area contributed by atoms with Crippen LogP contribution in [0.5, 0.6) is 0 Å². The van der Waals surface area contributed by atoms with Gasteiger partial charge >= 0.3 is 5.97 Å². The van der Waals surface area contributed by atoms with Gasteiger partial charge in [-0.3, -0.25) is 4.90 Å². The summed E-state index contributed by atoms with van der Waals surface area (Å²) in [5.41, 5.74) is 1.13. The van der Waals surface area contributed by atoms with E-state index < -0.39 is 5.97 Å². The predicted molar refractivity (Wildman–Crippen MR) is 56.4 cm³/mol. The average molecular weight is 225 g/mol. The Morgan fingerprint density at radius 3 is 3.00 bits per heavy atom. The fraction of sp³-hybridized carbons (Fsp3) is 0.545. The number of fused-ring (bicyclic) bond motifs is 1. The minimum absolute atomic E-state index is 0.207. The molecule has 0 saturated heterocycles. The molecule has 0 unspecified atom stereocenters. The average Bonchev–Trinajstić information content (AvgIpc) is 2.55. The second-order valence-corrected chi connectivity index (χ2v) is 4.03. The summed E-state index contributed by atoms with van der Waals surface area (Å²) in [6.45, 7) is 1.73. The number of carbonyl (C=O) groups is 1. The van der Waals surface area contributed by atoms with Gasteiger partial charge in [-0.25, -0.2) is 4.79 Å². The molecule has 1 aromatic heterocycles. The van der Waals surface area contributed by atoms with Crippen LogP contribution in [0.2, 0.25) is 0 Å². The van der Waals surface area contributed by atoms with Crippen LogP contribution in [0.15, 0.2) is 4.42 Å². The molecule has 1 N–H and O–H groups in total. The first kappa shape index (κ1) is 11.2. The number of nitrogens with zero attached hydrogens (tertiary/aromatic N) is 1. The topological polar surface area (TPSA) is 62.9 Å². The Labute approximate surface area is 93.6 Å². The summed E-state index contributed by atoms with van der Waals surface area (Å²) >= 11 is 0. The van der Waals surface area contributed by atoms with E-state index in [1.54, 1.807) is 0 Å². The molecular weight excluding hydrogens is 210 g/mol. The molecule has 0 saturated carbocycles. The Morgan fingerprint density at radius 1 is 1.62 bits per heavy atom. The largest absolute Gasteiger partial charge is 0.478 e. The number of carboxylic acid groups (broad SMARTS) is 1. The van der Waals surface area contributed by atoms with Gasteiger partial charge in [0.15, 0.2) is 0 Å². The van der Waals surface area contributed by atoms with E-state index in [1.807, 2.05) is 7.05 Å². The van der Waals surface area contributed by atoms with E-state index in [2.05, 4.69) is 4.90 Å². The van der Waals surface area contributed by atoms with Crippen LogP contribution >= 0.6 is 0 Å². The summed E-state index contributed by atoms with van der Waals surface area (Å²) in [6, 6.07) is 0. The zero-order valence-corrected chi connectivity index (χ0v) is 9.45. The molecule has 1 aliphatic heterocycles. The van der Waals surface area contributed by atoms with Gasteiger partial charge in [0, 0.05) is 19.2 Å². The van der Waals surface area contributed by atoms with Crippen molar-refractivity contribution in [3.63, 3.8) is 0 Å². The maximum Gasteiger partial charge on any atom is 0.339 e. The number of ether oxygens (including phenoxy) is 1. The first-order valence-electron chi connectivity index (χ1n) is 5.17. The molecule has 2 rings (SSSR count). The van der Waals surface area contributed by atoms with Crippen LogP contribution in [0.25, 0.3) is 0 Å². The Balaban J connectivity index is 2.44. The van der Waals surface area contributed by atoms with Gasteiger partial charge in [-0.15, -0.1) is 0 Å². The molecule has 1 aromatic rings. The van der Waals surface area contributed by atoms with Gasteiger partial charge in [-0.1, -0.05) is 0 Å². The van der Waals surface area contributed by atoms with Crippen molar-refractivity contribution in [1.82, 2.24) is 4.90 Å². The molecule has 5 heteroatoms. The fourth-order valence-corrected chi connectivity index (χ4v) is 2.07. The van der Waals surface area contributed by atoms with Crippen LogP contribution in [0.3, 0.4) is 0 Å².